The number of aliphatic imine (C=N–C) groups is 1. The zero-order valence-corrected chi connectivity index (χ0v) is 13.1. The number of nitrogens with zero attached hydrogens (tertiary/aromatic N) is 3. The molecule has 0 fully saturated rings. The minimum Gasteiger partial charge on any atom is -0.325 e. The molecule has 6 nitrogen and oxygen atoms in total. The van der Waals surface area contributed by atoms with Crippen LogP contribution in [-0.2, 0) is 16.1 Å². The first-order valence-corrected chi connectivity index (χ1v) is 7.58. The number of allylic oxidation sites excluding steroid dienone is 3. The number of hydrogen-bond acceptors (Lipinski definition) is 3. The van der Waals surface area contributed by atoms with Crippen molar-refractivity contribution in [2.24, 2.45) is 10.9 Å². The second-order valence-electron chi connectivity index (χ2n) is 5.54. The van der Waals surface area contributed by atoms with Crippen molar-refractivity contribution in [3.8, 4) is 0 Å². The van der Waals surface area contributed by atoms with Gasteiger partial charge in [-0.1, -0.05) is 18.6 Å². The highest BCUT2D eigenvalue weighted by Gasteiger charge is 2.28. The van der Waals surface area contributed by atoms with Gasteiger partial charge in [0.1, 0.15) is 6.54 Å². The van der Waals surface area contributed by atoms with Crippen LogP contribution in [0.3, 0.4) is 0 Å². The number of rotatable bonds is 3. The van der Waals surface area contributed by atoms with E-state index in [-0.39, 0.29) is 24.3 Å². The van der Waals surface area contributed by atoms with Gasteiger partial charge in [0, 0.05) is 29.6 Å². The molecule has 2 amide bonds. The quantitative estimate of drug-likeness (QED) is 0.924. The Morgan fingerprint density at radius 3 is 3.00 bits per heavy atom. The van der Waals surface area contributed by atoms with Gasteiger partial charge < -0.3 is 5.32 Å². The van der Waals surface area contributed by atoms with Crippen molar-refractivity contribution in [3.63, 3.8) is 0 Å². The van der Waals surface area contributed by atoms with E-state index < -0.39 is 0 Å². The van der Waals surface area contributed by atoms with Gasteiger partial charge in [-0.05, 0) is 31.6 Å². The molecule has 0 aromatic carbocycles. The maximum Gasteiger partial charge on any atom is 0.267 e. The zero-order valence-electron chi connectivity index (χ0n) is 13.1. The maximum atomic E-state index is 12.1. The predicted octanol–water partition coefficient (Wildman–Crippen LogP) is 1.78. The fourth-order valence-electron chi connectivity index (χ4n) is 2.88. The predicted molar refractivity (Wildman–Crippen MR) is 86.5 cm³/mol. The van der Waals surface area contributed by atoms with Gasteiger partial charge in [-0.3, -0.25) is 14.3 Å². The highest BCUT2D eigenvalue weighted by molar-refractivity contribution is 6.11. The number of nitrogens with one attached hydrogen (secondary N) is 1. The summed E-state index contributed by atoms with van der Waals surface area (Å²) in [4.78, 5) is 28.1. The molecule has 1 atom stereocenters. The monoisotopic (exact) mass is 310 g/mol. The van der Waals surface area contributed by atoms with Gasteiger partial charge in [-0.2, -0.15) is 5.10 Å². The Balaban J connectivity index is 1.80. The van der Waals surface area contributed by atoms with E-state index in [1.807, 2.05) is 26.0 Å². The van der Waals surface area contributed by atoms with E-state index in [4.69, 9.17) is 0 Å². The molecule has 0 bridgehead atoms. The van der Waals surface area contributed by atoms with Gasteiger partial charge in [0.15, 0.2) is 0 Å². The van der Waals surface area contributed by atoms with Crippen LogP contribution in [-0.4, -0.2) is 27.3 Å². The molecule has 1 aliphatic heterocycles. The highest BCUT2D eigenvalue weighted by Crippen LogP contribution is 2.31. The number of carbonyl (C=O) groups excluding carboxylic acids is 2. The lowest BCUT2D eigenvalue weighted by molar-refractivity contribution is -0.118. The van der Waals surface area contributed by atoms with Crippen molar-refractivity contribution < 1.29 is 9.59 Å². The van der Waals surface area contributed by atoms with Crippen LogP contribution in [0.4, 0.5) is 0 Å². The molecule has 1 aliphatic carbocycles. The normalized spacial score (nSPS) is 22.0. The molecule has 0 saturated heterocycles. The van der Waals surface area contributed by atoms with Gasteiger partial charge in [0.25, 0.3) is 11.8 Å². The number of aromatic nitrogens is 2. The molecule has 0 radical (unpaired) electrons. The average molecular weight is 310 g/mol. The zero-order chi connectivity index (χ0) is 16.4. The molecule has 118 valence electrons. The Kier molecular flexibility index (Phi) is 4.06. The summed E-state index contributed by atoms with van der Waals surface area (Å²) >= 11 is 0. The van der Waals surface area contributed by atoms with Crippen LogP contribution in [0, 0.1) is 5.92 Å². The third-order valence-corrected chi connectivity index (χ3v) is 4.04. The van der Waals surface area contributed by atoms with E-state index in [9.17, 15) is 9.59 Å². The van der Waals surface area contributed by atoms with E-state index in [0.29, 0.717) is 12.1 Å². The lowest BCUT2D eigenvalue weighted by Crippen LogP contribution is -2.36. The molecule has 1 unspecified atom stereocenters. The van der Waals surface area contributed by atoms with Crippen molar-refractivity contribution in [1.29, 1.82) is 0 Å². The molecule has 0 spiro atoms. The first kappa shape index (κ1) is 15.1. The number of fused-ring (bicyclic) bond motifs is 1. The molecule has 1 N–H and O–H groups in total. The summed E-state index contributed by atoms with van der Waals surface area (Å²) in [6, 6.07) is 1.76. The first-order chi connectivity index (χ1) is 11.1. The van der Waals surface area contributed by atoms with Crippen molar-refractivity contribution in [2.75, 3.05) is 0 Å². The summed E-state index contributed by atoms with van der Waals surface area (Å²) in [7, 11) is 0. The highest BCUT2D eigenvalue weighted by atomic mass is 16.2. The Labute approximate surface area is 134 Å². The van der Waals surface area contributed by atoms with Crippen LogP contribution >= 0.6 is 0 Å². The Bertz CT molecular complexity index is 767. The van der Waals surface area contributed by atoms with Crippen LogP contribution in [0.15, 0.2) is 58.5 Å². The molecule has 1 aromatic rings. The standard InChI is InChI=1S/C17H18N4O2/c1-3-13-11(2)14-6-5-12(9-15(14)20-17(13)23)19-16(22)10-21-8-4-7-18-21/h4-9,14H,3,10H2,1-2H3,(H,20,23). The number of hydrogen-bond donors (Lipinski definition) is 1. The summed E-state index contributed by atoms with van der Waals surface area (Å²) in [5, 5.41) is 6.88. The smallest absolute Gasteiger partial charge is 0.267 e. The molecule has 6 heteroatoms. The van der Waals surface area contributed by atoms with Gasteiger partial charge >= 0.3 is 0 Å². The molecule has 3 rings (SSSR count). The molecule has 1 aromatic heterocycles. The van der Waals surface area contributed by atoms with Gasteiger partial charge in [0.2, 0.25) is 0 Å². The van der Waals surface area contributed by atoms with E-state index in [2.05, 4.69) is 15.4 Å². The van der Waals surface area contributed by atoms with Gasteiger partial charge in [-0.25, -0.2) is 4.99 Å². The lowest BCUT2D eigenvalue weighted by atomic mass is 9.84. The minimum absolute atomic E-state index is 0.0582. The summed E-state index contributed by atoms with van der Waals surface area (Å²) in [5.74, 6) is -0.292. The second kappa shape index (κ2) is 6.16. The molecule has 2 aliphatic rings. The van der Waals surface area contributed by atoms with E-state index in [0.717, 1.165) is 16.8 Å². The minimum atomic E-state index is -0.285. The largest absolute Gasteiger partial charge is 0.325 e. The lowest BCUT2D eigenvalue weighted by Gasteiger charge is -2.29. The van der Waals surface area contributed by atoms with Crippen LogP contribution < -0.4 is 5.32 Å². The Hall–Kier alpha value is -2.76. The van der Waals surface area contributed by atoms with Crippen molar-refractivity contribution in [2.45, 2.75) is 26.8 Å². The Morgan fingerprint density at radius 1 is 1.48 bits per heavy atom. The SMILES string of the molecule is CCC1=C(C)C2C=CC(=NC(=O)Cn3cccn3)C=C2NC1=O. The molecule has 2 heterocycles. The van der Waals surface area contributed by atoms with Gasteiger partial charge in [-0.15, -0.1) is 0 Å². The second-order valence-corrected chi connectivity index (χ2v) is 5.54. The topological polar surface area (TPSA) is 76.3 Å². The summed E-state index contributed by atoms with van der Waals surface area (Å²) in [6.45, 7) is 4.05. The fourth-order valence-corrected chi connectivity index (χ4v) is 2.88. The molecular formula is C17H18N4O2. The van der Waals surface area contributed by atoms with Crippen LogP contribution in [0.2, 0.25) is 0 Å². The van der Waals surface area contributed by atoms with Crippen molar-refractivity contribution >= 4 is 17.5 Å². The van der Waals surface area contributed by atoms with Gasteiger partial charge in [0.05, 0.1) is 5.71 Å². The molecular weight excluding hydrogens is 292 g/mol. The van der Waals surface area contributed by atoms with E-state index in [1.54, 1.807) is 24.5 Å². The van der Waals surface area contributed by atoms with Crippen molar-refractivity contribution in [3.05, 3.63) is 53.5 Å². The fraction of sp³-hybridized carbons (Fsp3) is 0.294. The molecule has 23 heavy (non-hydrogen) atoms. The first-order valence-electron chi connectivity index (χ1n) is 7.58. The number of amides is 2. The van der Waals surface area contributed by atoms with Crippen LogP contribution in [0.1, 0.15) is 20.3 Å². The molecule has 0 saturated carbocycles. The summed E-state index contributed by atoms with van der Waals surface area (Å²) in [5.41, 5.74) is 3.20. The third kappa shape index (κ3) is 3.06. The maximum absolute atomic E-state index is 12.1. The van der Waals surface area contributed by atoms with E-state index >= 15 is 0 Å². The third-order valence-electron chi connectivity index (χ3n) is 4.04. The number of carbonyl (C=O) groups is 2. The summed E-state index contributed by atoms with van der Waals surface area (Å²) in [6.07, 6.45) is 9.60. The summed E-state index contributed by atoms with van der Waals surface area (Å²) < 4.78 is 1.53. The average Bonchev–Trinajstić information content (AvgIpc) is 3.00. The van der Waals surface area contributed by atoms with Crippen molar-refractivity contribution in [1.82, 2.24) is 15.1 Å². The van der Waals surface area contributed by atoms with E-state index in [1.165, 1.54) is 4.68 Å². The van der Waals surface area contributed by atoms with Crippen LogP contribution in [0.25, 0.3) is 0 Å². The Morgan fingerprint density at radius 2 is 2.30 bits per heavy atom. The van der Waals surface area contributed by atoms with Crippen LogP contribution in [0.5, 0.6) is 0 Å².